The molecule has 44 heavy (non-hydrogen) atoms. The quantitative estimate of drug-likeness (QED) is 0.229. The van der Waals surface area contributed by atoms with Crippen LogP contribution in [0.15, 0.2) is 72.8 Å². The van der Waals surface area contributed by atoms with Crippen LogP contribution in [0, 0.1) is 13.8 Å². The van der Waals surface area contributed by atoms with E-state index in [-0.39, 0.29) is 37.4 Å². The molecule has 2 amide bonds. The average molecular weight is 638 g/mol. The molecule has 9 heteroatoms. The second kappa shape index (κ2) is 15.6. The molecule has 3 aromatic rings. The van der Waals surface area contributed by atoms with E-state index in [1.54, 1.807) is 17.0 Å². The van der Waals surface area contributed by atoms with Crippen molar-refractivity contribution < 1.29 is 18.0 Å². The van der Waals surface area contributed by atoms with Crippen molar-refractivity contribution in [2.45, 2.75) is 83.8 Å². The summed E-state index contributed by atoms with van der Waals surface area (Å²) in [4.78, 5) is 29.7. The molecule has 1 fully saturated rings. The zero-order valence-corrected chi connectivity index (χ0v) is 27.5. The minimum atomic E-state index is -3.58. The lowest BCUT2D eigenvalue weighted by Gasteiger charge is -2.34. The van der Waals surface area contributed by atoms with Crippen LogP contribution in [-0.4, -0.2) is 50.0 Å². The van der Waals surface area contributed by atoms with Gasteiger partial charge in [-0.15, -0.1) is 0 Å². The first-order valence-corrected chi connectivity index (χ1v) is 17.7. The molecule has 236 valence electrons. The number of nitrogens with one attached hydrogen (secondary N) is 1. The second-order valence-corrected chi connectivity index (χ2v) is 14.2. The largest absolute Gasteiger partial charge is 0.352 e. The molecule has 1 aliphatic carbocycles. The minimum Gasteiger partial charge on any atom is -0.352 e. The fourth-order valence-electron chi connectivity index (χ4n) is 5.79. The Balaban J connectivity index is 1.60. The summed E-state index contributed by atoms with van der Waals surface area (Å²) in [6, 6.07) is 21.9. The summed E-state index contributed by atoms with van der Waals surface area (Å²) in [5.41, 5.74) is 4.34. The highest BCUT2D eigenvalue weighted by molar-refractivity contribution is 7.92. The molecule has 7 nitrogen and oxygen atoms in total. The molecule has 0 bridgehead atoms. The van der Waals surface area contributed by atoms with Crippen molar-refractivity contribution in [3.63, 3.8) is 0 Å². The summed E-state index contributed by atoms with van der Waals surface area (Å²) >= 11 is 6.55. The van der Waals surface area contributed by atoms with Crippen LogP contribution < -0.4 is 9.62 Å². The number of amides is 2. The average Bonchev–Trinajstić information content (AvgIpc) is 3.00. The van der Waals surface area contributed by atoms with Gasteiger partial charge in [-0.1, -0.05) is 85.5 Å². The van der Waals surface area contributed by atoms with Crippen molar-refractivity contribution >= 4 is 39.1 Å². The summed E-state index contributed by atoms with van der Waals surface area (Å²) in [7, 11) is -3.58. The van der Waals surface area contributed by atoms with Gasteiger partial charge in [0, 0.05) is 37.0 Å². The normalized spacial score (nSPS) is 14.5. The highest BCUT2D eigenvalue weighted by Gasteiger charge is 2.32. The number of sulfonamides is 1. The fraction of sp³-hybridized carbons (Fsp3) is 0.429. The highest BCUT2D eigenvalue weighted by Crippen LogP contribution is 2.25. The number of anilines is 1. The number of hydrogen-bond acceptors (Lipinski definition) is 4. The number of aryl methyl sites for hydroxylation is 2. The number of hydrogen-bond donors (Lipinski definition) is 1. The van der Waals surface area contributed by atoms with Gasteiger partial charge in [0.2, 0.25) is 21.8 Å². The van der Waals surface area contributed by atoms with Gasteiger partial charge >= 0.3 is 0 Å². The first kappa shape index (κ1) is 33.5. The number of carbonyl (C=O) groups excluding carboxylic acids is 2. The van der Waals surface area contributed by atoms with Crippen molar-refractivity contribution in [1.82, 2.24) is 10.2 Å². The standard InChI is InChI=1S/C35H44ClN3O4S/c1-26-20-21-31(23-27(26)2)39(44(3,42)43)22-12-19-34(40)38(25-29-15-10-11-18-32(29)36)33(24-28-13-6-4-7-14-28)35(41)37-30-16-8-5-9-17-30/h4,6-7,10-11,13-15,18,20-21,23,30,33H,5,8-9,12,16-17,19,22,24-25H2,1-3H3,(H,37,41)/t33-/m1/s1. The topological polar surface area (TPSA) is 86.8 Å². The van der Waals surface area contributed by atoms with Gasteiger partial charge < -0.3 is 10.2 Å². The number of carbonyl (C=O) groups is 2. The van der Waals surface area contributed by atoms with Crippen LogP contribution in [0.4, 0.5) is 5.69 Å². The molecule has 3 aromatic carbocycles. The van der Waals surface area contributed by atoms with Crippen LogP contribution >= 0.6 is 11.6 Å². The molecule has 4 rings (SSSR count). The molecule has 1 aliphatic rings. The van der Waals surface area contributed by atoms with Crippen LogP contribution in [0.25, 0.3) is 0 Å². The van der Waals surface area contributed by atoms with Gasteiger partial charge in [0.15, 0.2) is 0 Å². The van der Waals surface area contributed by atoms with E-state index in [0.717, 1.165) is 47.9 Å². The lowest BCUT2D eigenvalue weighted by Crippen LogP contribution is -2.53. The van der Waals surface area contributed by atoms with E-state index in [0.29, 0.717) is 23.6 Å². The molecule has 0 unspecified atom stereocenters. The number of rotatable bonds is 13. The zero-order chi connectivity index (χ0) is 31.7. The monoisotopic (exact) mass is 637 g/mol. The van der Waals surface area contributed by atoms with E-state index < -0.39 is 16.1 Å². The molecule has 0 spiro atoms. The third-order valence-electron chi connectivity index (χ3n) is 8.45. The Bertz CT molecular complexity index is 1520. The van der Waals surface area contributed by atoms with E-state index in [9.17, 15) is 18.0 Å². The van der Waals surface area contributed by atoms with Crippen LogP contribution in [-0.2, 0) is 32.6 Å². The number of nitrogens with zero attached hydrogens (tertiary/aromatic N) is 2. The van der Waals surface area contributed by atoms with Crippen molar-refractivity contribution in [2.75, 3.05) is 17.1 Å². The van der Waals surface area contributed by atoms with Gasteiger partial charge in [-0.2, -0.15) is 0 Å². The molecule has 0 saturated heterocycles. The fourth-order valence-corrected chi connectivity index (χ4v) is 6.95. The molecule has 0 aliphatic heterocycles. The maximum Gasteiger partial charge on any atom is 0.243 e. The van der Waals surface area contributed by atoms with Gasteiger partial charge in [0.1, 0.15) is 6.04 Å². The van der Waals surface area contributed by atoms with Crippen LogP contribution in [0.5, 0.6) is 0 Å². The van der Waals surface area contributed by atoms with Gasteiger partial charge in [-0.05, 0) is 73.6 Å². The third kappa shape index (κ3) is 9.32. The lowest BCUT2D eigenvalue weighted by molar-refractivity contribution is -0.141. The molecule has 0 radical (unpaired) electrons. The Kier molecular flexibility index (Phi) is 11.9. The minimum absolute atomic E-state index is 0.0727. The Morgan fingerprint density at radius 1 is 0.932 bits per heavy atom. The van der Waals surface area contributed by atoms with Crippen molar-refractivity contribution in [3.05, 3.63) is 100 Å². The van der Waals surface area contributed by atoms with E-state index in [1.807, 2.05) is 74.5 Å². The Labute approximate surface area is 267 Å². The van der Waals surface area contributed by atoms with Crippen molar-refractivity contribution in [3.8, 4) is 0 Å². The third-order valence-corrected chi connectivity index (χ3v) is 10.0. The summed E-state index contributed by atoms with van der Waals surface area (Å²) in [6.45, 7) is 4.23. The molecule has 1 N–H and O–H groups in total. The SMILES string of the molecule is Cc1ccc(N(CCCC(=O)N(Cc2ccccc2Cl)[C@H](Cc2ccccc2)C(=O)NC2CCCCC2)S(C)(=O)=O)cc1C. The second-order valence-electron chi connectivity index (χ2n) is 11.9. The molecule has 1 atom stereocenters. The van der Waals surface area contributed by atoms with Gasteiger partial charge in [0.25, 0.3) is 0 Å². The lowest BCUT2D eigenvalue weighted by atomic mass is 9.94. The smallest absolute Gasteiger partial charge is 0.243 e. The van der Waals surface area contributed by atoms with Gasteiger partial charge in [-0.3, -0.25) is 13.9 Å². The number of halogens is 1. The maximum atomic E-state index is 14.1. The Morgan fingerprint density at radius 3 is 2.27 bits per heavy atom. The summed E-state index contributed by atoms with van der Waals surface area (Å²) in [6.07, 6.45) is 7.09. The van der Waals surface area contributed by atoms with Gasteiger partial charge in [-0.25, -0.2) is 8.42 Å². The molecule has 0 aromatic heterocycles. The summed E-state index contributed by atoms with van der Waals surface area (Å²) in [5.74, 6) is -0.396. The van der Waals surface area contributed by atoms with Crippen LogP contribution in [0.2, 0.25) is 5.02 Å². The van der Waals surface area contributed by atoms with Gasteiger partial charge in [0.05, 0.1) is 11.9 Å². The maximum absolute atomic E-state index is 14.1. The van der Waals surface area contributed by atoms with Crippen LogP contribution in [0.1, 0.15) is 67.2 Å². The van der Waals surface area contributed by atoms with E-state index in [1.165, 1.54) is 17.0 Å². The Morgan fingerprint density at radius 2 is 1.61 bits per heavy atom. The predicted octanol–water partition coefficient (Wildman–Crippen LogP) is 6.59. The molecule has 1 saturated carbocycles. The Hall–Kier alpha value is -3.36. The highest BCUT2D eigenvalue weighted by atomic mass is 35.5. The summed E-state index contributed by atoms with van der Waals surface area (Å²) in [5, 5.41) is 3.77. The van der Waals surface area contributed by atoms with E-state index in [2.05, 4.69) is 5.32 Å². The molecule has 0 heterocycles. The summed E-state index contributed by atoms with van der Waals surface area (Å²) < 4.78 is 26.9. The predicted molar refractivity (Wildman–Crippen MR) is 178 cm³/mol. The zero-order valence-electron chi connectivity index (χ0n) is 26.0. The van der Waals surface area contributed by atoms with Crippen molar-refractivity contribution in [1.29, 1.82) is 0 Å². The van der Waals surface area contributed by atoms with Crippen LogP contribution in [0.3, 0.4) is 0 Å². The molecular weight excluding hydrogens is 594 g/mol. The van der Waals surface area contributed by atoms with E-state index >= 15 is 0 Å². The first-order chi connectivity index (χ1) is 21.0. The number of benzene rings is 3. The first-order valence-electron chi connectivity index (χ1n) is 15.4. The molecular formula is C35H44ClN3O4S. The van der Waals surface area contributed by atoms with Crippen molar-refractivity contribution in [2.24, 2.45) is 0 Å². The van der Waals surface area contributed by atoms with E-state index in [4.69, 9.17) is 11.6 Å².